The summed E-state index contributed by atoms with van der Waals surface area (Å²) < 4.78 is 1.21. The number of H-pyrrole nitrogens is 1. The molecule has 9 heteroatoms. The molecule has 1 heterocycles. The lowest BCUT2D eigenvalue weighted by Crippen LogP contribution is -2.27. The maximum Gasteiger partial charge on any atom is 0.332 e. The van der Waals surface area contributed by atoms with E-state index in [1.165, 1.54) is 16.8 Å². The van der Waals surface area contributed by atoms with Crippen molar-refractivity contribution in [2.24, 2.45) is 0 Å². The molecule has 0 unspecified atom stereocenters. The molecule has 4 aromatic rings. The lowest BCUT2D eigenvalue weighted by atomic mass is 10.0. The Bertz CT molecular complexity index is 1480. The standard InChI is InChI=1S/C24H16Cl3N3O3/c25-18-6-4-16(12-19(18)26)15-3-1-2-14(10-15)11-23(32)28-17-5-7-21(20(27)13-17)30-9-8-22(31)29-24(30)33/h1-10,12-13H,11H2,(H,28,32)(H,29,31,33). The maximum atomic E-state index is 12.6. The first-order chi connectivity index (χ1) is 15.8. The van der Waals surface area contributed by atoms with E-state index in [9.17, 15) is 14.4 Å². The average molecular weight is 501 g/mol. The van der Waals surface area contributed by atoms with Gasteiger partial charge in [-0.2, -0.15) is 0 Å². The lowest BCUT2D eigenvalue weighted by molar-refractivity contribution is -0.115. The molecule has 0 aliphatic carbocycles. The summed E-state index contributed by atoms with van der Waals surface area (Å²) in [6.45, 7) is 0. The van der Waals surface area contributed by atoms with E-state index in [-0.39, 0.29) is 17.4 Å². The van der Waals surface area contributed by atoms with Crippen LogP contribution in [0.4, 0.5) is 5.69 Å². The molecule has 0 aliphatic heterocycles. The van der Waals surface area contributed by atoms with Crippen LogP contribution in [0.1, 0.15) is 5.56 Å². The Balaban J connectivity index is 1.49. The number of amides is 1. The SMILES string of the molecule is O=C(Cc1cccc(-c2ccc(Cl)c(Cl)c2)c1)Nc1ccc(-n2ccc(=O)[nH]c2=O)c(Cl)c1. The molecule has 3 aromatic carbocycles. The topological polar surface area (TPSA) is 84.0 Å². The third kappa shape index (κ3) is 5.37. The Kier molecular flexibility index (Phi) is 6.70. The molecule has 0 fully saturated rings. The van der Waals surface area contributed by atoms with E-state index in [2.05, 4.69) is 10.3 Å². The number of carbonyl (C=O) groups excluding carboxylic acids is 1. The summed E-state index contributed by atoms with van der Waals surface area (Å²) in [7, 11) is 0. The first-order valence-electron chi connectivity index (χ1n) is 9.76. The number of nitrogens with zero attached hydrogens (tertiary/aromatic N) is 1. The highest BCUT2D eigenvalue weighted by atomic mass is 35.5. The van der Waals surface area contributed by atoms with E-state index in [0.717, 1.165) is 16.7 Å². The van der Waals surface area contributed by atoms with E-state index in [1.807, 2.05) is 30.3 Å². The van der Waals surface area contributed by atoms with Crippen molar-refractivity contribution in [3.8, 4) is 16.8 Å². The average Bonchev–Trinajstić information content (AvgIpc) is 2.76. The molecule has 0 atom stereocenters. The Morgan fingerprint density at radius 2 is 1.64 bits per heavy atom. The predicted molar refractivity (Wildman–Crippen MR) is 132 cm³/mol. The Hall–Kier alpha value is -3.32. The van der Waals surface area contributed by atoms with Gasteiger partial charge in [0.25, 0.3) is 5.56 Å². The molecule has 0 bridgehead atoms. The van der Waals surface area contributed by atoms with Gasteiger partial charge in [-0.1, -0.05) is 65.1 Å². The first kappa shape index (κ1) is 22.9. The van der Waals surface area contributed by atoms with Crippen LogP contribution in [0.15, 0.2) is 82.5 Å². The van der Waals surface area contributed by atoms with Crippen LogP contribution in [-0.4, -0.2) is 15.5 Å². The lowest BCUT2D eigenvalue weighted by Gasteiger charge is -2.11. The summed E-state index contributed by atoms with van der Waals surface area (Å²) in [6.07, 6.45) is 1.48. The van der Waals surface area contributed by atoms with Gasteiger partial charge in [0.15, 0.2) is 0 Å². The zero-order valence-electron chi connectivity index (χ0n) is 16.9. The normalized spacial score (nSPS) is 10.8. The molecular weight excluding hydrogens is 485 g/mol. The van der Waals surface area contributed by atoms with Crippen LogP contribution in [0, 0.1) is 0 Å². The van der Waals surface area contributed by atoms with Gasteiger partial charge in [0, 0.05) is 18.0 Å². The van der Waals surface area contributed by atoms with Crippen molar-refractivity contribution >= 4 is 46.4 Å². The molecule has 6 nitrogen and oxygen atoms in total. The van der Waals surface area contributed by atoms with Crippen LogP contribution in [-0.2, 0) is 11.2 Å². The van der Waals surface area contributed by atoms with Gasteiger partial charge in [-0.25, -0.2) is 4.79 Å². The number of halogens is 3. The minimum Gasteiger partial charge on any atom is -0.326 e. The smallest absolute Gasteiger partial charge is 0.326 e. The van der Waals surface area contributed by atoms with Gasteiger partial charge in [-0.15, -0.1) is 0 Å². The highest BCUT2D eigenvalue weighted by Crippen LogP contribution is 2.29. The number of nitrogens with one attached hydrogen (secondary N) is 2. The zero-order valence-corrected chi connectivity index (χ0v) is 19.2. The Morgan fingerprint density at radius 1 is 0.848 bits per heavy atom. The predicted octanol–water partition coefficient (Wildman–Crippen LogP) is 5.33. The fraction of sp³-hybridized carbons (Fsp3) is 0.0417. The molecule has 0 saturated carbocycles. The third-order valence-corrected chi connectivity index (χ3v) is 5.90. The van der Waals surface area contributed by atoms with E-state index >= 15 is 0 Å². The summed E-state index contributed by atoms with van der Waals surface area (Å²) in [5, 5.41) is 3.98. The van der Waals surface area contributed by atoms with Crippen molar-refractivity contribution in [2.45, 2.75) is 6.42 Å². The third-order valence-electron chi connectivity index (χ3n) is 4.86. The number of aromatic nitrogens is 2. The van der Waals surface area contributed by atoms with Gasteiger partial charge >= 0.3 is 5.69 Å². The van der Waals surface area contributed by atoms with Crippen molar-refractivity contribution in [1.82, 2.24) is 9.55 Å². The van der Waals surface area contributed by atoms with Gasteiger partial charge in [0.1, 0.15) is 0 Å². The van der Waals surface area contributed by atoms with Crippen LogP contribution in [0.3, 0.4) is 0 Å². The molecule has 166 valence electrons. The molecule has 1 amide bonds. The highest BCUT2D eigenvalue weighted by Gasteiger charge is 2.10. The summed E-state index contributed by atoms with van der Waals surface area (Å²) in [4.78, 5) is 38.0. The fourth-order valence-corrected chi connectivity index (χ4v) is 3.88. The van der Waals surface area contributed by atoms with Crippen LogP contribution in [0.2, 0.25) is 15.1 Å². The molecule has 2 N–H and O–H groups in total. The second kappa shape index (κ2) is 9.67. The number of carbonyl (C=O) groups is 1. The monoisotopic (exact) mass is 499 g/mol. The molecule has 1 aromatic heterocycles. The van der Waals surface area contributed by atoms with Crippen molar-refractivity contribution in [3.05, 3.63) is 114 Å². The van der Waals surface area contributed by atoms with Gasteiger partial charge in [0.05, 0.1) is 27.2 Å². The van der Waals surface area contributed by atoms with Crippen molar-refractivity contribution in [1.29, 1.82) is 0 Å². The minimum atomic E-state index is -0.608. The van der Waals surface area contributed by atoms with E-state index in [0.29, 0.717) is 21.4 Å². The Morgan fingerprint density at radius 3 is 2.36 bits per heavy atom. The quantitative estimate of drug-likeness (QED) is 0.388. The number of aromatic amines is 1. The van der Waals surface area contributed by atoms with E-state index in [1.54, 1.807) is 30.3 Å². The summed E-state index contributed by atoms with van der Waals surface area (Å²) >= 11 is 18.4. The van der Waals surface area contributed by atoms with Crippen LogP contribution >= 0.6 is 34.8 Å². The molecule has 0 spiro atoms. The number of rotatable bonds is 5. The van der Waals surface area contributed by atoms with Crippen LogP contribution < -0.4 is 16.6 Å². The van der Waals surface area contributed by atoms with Gasteiger partial charge < -0.3 is 5.32 Å². The van der Waals surface area contributed by atoms with Crippen LogP contribution in [0.25, 0.3) is 16.8 Å². The maximum absolute atomic E-state index is 12.6. The summed E-state index contributed by atoms with van der Waals surface area (Å²) in [6, 6.07) is 18.9. The molecule has 4 rings (SSSR count). The largest absolute Gasteiger partial charge is 0.332 e. The summed E-state index contributed by atoms with van der Waals surface area (Å²) in [5.41, 5.74) is 2.38. The van der Waals surface area contributed by atoms with E-state index < -0.39 is 11.2 Å². The number of hydrogen-bond acceptors (Lipinski definition) is 3. The minimum absolute atomic E-state index is 0.147. The summed E-state index contributed by atoms with van der Waals surface area (Å²) in [5.74, 6) is -0.230. The molecule has 0 saturated heterocycles. The van der Waals surface area contributed by atoms with Crippen LogP contribution in [0.5, 0.6) is 0 Å². The number of benzene rings is 3. The highest BCUT2D eigenvalue weighted by molar-refractivity contribution is 6.42. The van der Waals surface area contributed by atoms with Gasteiger partial charge in [-0.3, -0.25) is 19.1 Å². The second-order valence-corrected chi connectivity index (χ2v) is 8.42. The first-order valence-corrected chi connectivity index (χ1v) is 10.9. The molecule has 0 aliphatic rings. The molecular formula is C24H16Cl3N3O3. The van der Waals surface area contributed by atoms with E-state index in [4.69, 9.17) is 34.8 Å². The molecule has 33 heavy (non-hydrogen) atoms. The molecule has 0 radical (unpaired) electrons. The van der Waals surface area contributed by atoms with Crippen molar-refractivity contribution in [3.63, 3.8) is 0 Å². The van der Waals surface area contributed by atoms with Gasteiger partial charge in [0.2, 0.25) is 5.91 Å². The number of anilines is 1. The Labute approximate surface area is 203 Å². The second-order valence-electron chi connectivity index (χ2n) is 7.20. The van der Waals surface area contributed by atoms with Gasteiger partial charge in [-0.05, 0) is 47.0 Å². The zero-order chi connectivity index (χ0) is 23.5. The fourth-order valence-electron chi connectivity index (χ4n) is 3.31. The number of hydrogen-bond donors (Lipinski definition) is 2. The van der Waals surface area contributed by atoms with Crippen molar-refractivity contribution in [2.75, 3.05) is 5.32 Å². The van der Waals surface area contributed by atoms with Crippen molar-refractivity contribution < 1.29 is 4.79 Å².